The predicted molar refractivity (Wildman–Crippen MR) is 61.5 cm³/mol. The molecule has 2 heterocycles. The van der Waals surface area contributed by atoms with E-state index in [-0.39, 0.29) is 11.6 Å². The van der Waals surface area contributed by atoms with Crippen LogP contribution in [0.5, 0.6) is 0 Å². The molecule has 2 aromatic heterocycles. The first kappa shape index (κ1) is 12.9. The summed E-state index contributed by atoms with van der Waals surface area (Å²) in [6.45, 7) is 1.05. The van der Waals surface area contributed by atoms with Crippen LogP contribution in [0.2, 0.25) is 0 Å². The summed E-state index contributed by atoms with van der Waals surface area (Å²) < 4.78 is 1.36. The number of carboxylic acid groups (broad SMARTS) is 1. The van der Waals surface area contributed by atoms with Crippen LogP contribution in [0, 0.1) is 6.92 Å². The van der Waals surface area contributed by atoms with E-state index in [9.17, 15) is 9.59 Å². The van der Waals surface area contributed by atoms with Crippen LogP contribution in [0.15, 0.2) is 12.3 Å². The van der Waals surface area contributed by atoms with Crippen molar-refractivity contribution in [2.45, 2.75) is 13.0 Å². The molecule has 0 aliphatic carbocycles. The number of aromatic nitrogens is 4. The highest BCUT2D eigenvalue weighted by atomic mass is 16.4. The van der Waals surface area contributed by atoms with Crippen LogP contribution >= 0.6 is 0 Å². The molecule has 0 aromatic carbocycles. The minimum Gasteiger partial charge on any atom is -0.480 e. The lowest BCUT2D eigenvalue weighted by molar-refractivity contribution is -0.140. The molecule has 0 bridgehead atoms. The Morgan fingerprint density at radius 2 is 2.26 bits per heavy atom. The molecule has 1 atom stereocenters. The van der Waals surface area contributed by atoms with E-state index in [4.69, 9.17) is 10.2 Å². The number of hydrogen-bond acceptors (Lipinski definition) is 6. The van der Waals surface area contributed by atoms with E-state index in [1.54, 1.807) is 13.0 Å². The van der Waals surface area contributed by atoms with Crippen LogP contribution in [0.25, 0.3) is 5.78 Å². The molecule has 100 valence electrons. The first-order valence-electron chi connectivity index (χ1n) is 5.36. The smallest absolute Gasteiger partial charge is 0.328 e. The summed E-state index contributed by atoms with van der Waals surface area (Å²) in [5, 5.41) is 23.6. The SMILES string of the molecule is Cc1ccnc2nc(C(=O)N[C@@H](CO)C(=O)O)nn12. The largest absolute Gasteiger partial charge is 0.480 e. The number of aliphatic carboxylic acids is 1. The highest BCUT2D eigenvalue weighted by Gasteiger charge is 2.22. The molecule has 0 fully saturated rings. The third-order valence-corrected chi connectivity index (χ3v) is 2.42. The zero-order valence-electron chi connectivity index (χ0n) is 9.94. The summed E-state index contributed by atoms with van der Waals surface area (Å²) in [5.41, 5.74) is 0.730. The van der Waals surface area contributed by atoms with Crippen LogP contribution in [-0.4, -0.2) is 54.3 Å². The zero-order chi connectivity index (χ0) is 14.0. The van der Waals surface area contributed by atoms with Gasteiger partial charge in [0.05, 0.1) is 6.61 Å². The standard InChI is InChI=1S/C10H11N5O4/c1-5-2-3-11-10-13-7(14-15(5)10)8(17)12-6(4-16)9(18)19/h2-3,6,16H,4H2,1H3,(H,12,17)(H,18,19)/t6-/m0/s1. The molecule has 3 N–H and O–H groups in total. The number of rotatable bonds is 4. The number of carbonyl (C=O) groups is 2. The molecule has 19 heavy (non-hydrogen) atoms. The molecule has 0 saturated heterocycles. The number of fused-ring (bicyclic) bond motifs is 1. The number of nitrogens with one attached hydrogen (secondary N) is 1. The molecular formula is C10H11N5O4. The number of carboxylic acids is 1. The van der Waals surface area contributed by atoms with Gasteiger partial charge in [-0.05, 0) is 13.0 Å². The first-order chi connectivity index (χ1) is 9.02. The lowest BCUT2D eigenvalue weighted by Gasteiger charge is -2.09. The maximum atomic E-state index is 11.7. The van der Waals surface area contributed by atoms with Crippen molar-refractivity contribution in [3.63, 3.8) is 0 Å². The summed E-state index contributed by atoms with van der Waals surface area (Å²) in [4.78, 5) is 30.2. The van der Waals surface area contributed by atoms with Crippen molar-refractivity contribution in [2.75, 3.05) is 6.61 Å². The van der Waals surface area contributed by atoms with E-state index < -0.39 is 24.5 Å². The average Bonchev–Trinajstić information content (AvgIpc) is 2.80. The molecule has 0 spiro atoms. The second kappa shape index (κ2) is 4.98. The molecule has 2 rings (SSSR count). The van der Waals surface area contributed by atoms with E-state index in [2.05, 4.69) is 20.4 Å². The Kier molecular flexibility index (Phi) is 3.38. The third kappa shape index (κ3) is 2.50. The monoisotopic (exact) mass is 265 g/mol. The van der Waals surface area contributed by atoms with E-state index in [1.807, 2.05) is 0 Å². The number of aliphatic hydroxyl groups is 1. The van der Waals surface area contributed by atoms with Gasteiger partial charge in [0.1, 0.15) is 0 Å². The summed E-state index contributed by atoms with van der Waals surface area (Å²) in [6, 6.07) is 0.296. The molecule has 0 aliphatic rings. The number of aryl methyl sites for hydroxylation is 1. The first-order valence-corrected chi connectivity index (χ1v) is 5.36. The summed E-state index contributed by atoms with van der Waals surface area (Å²) in [6.07, 6.45) is 1.52. The van der Waals surface area contributed by atoms with Crippen LogP contribution in [0.4, 0.5) is 0 Å². The van der Waals surface area contributed by atoms with Gasteiger partial charge in [-0.15, -0.1) is 5.10 Å². The molecule has 0 saturated carbocycles. The number of amides is 1. The van der Waals surface area contributed by atoms with Gasteiger partial charge in [-0.2, -0.15) is 4.98 Å². The fraction of sp³-hybridized carbons (Fsp3) is 0.300. The number of hydrogen-bond donors (Lipinski definition) is 3. The Balaban J connectivity index is 2.27. The van der Waals surface area contributed by atoms with Gasteiger partial charge in [-0.3, -0.25) is 4.79 Å². The van der Waals surface area contributed by atoms with E-state index in [0.29, 0.717) is 0 Å². The van der Waals surface area contributed by atoms with Gasteiger partial charge in [-0.25, -0.2) is 14.3 Å². The molecule has 0 aliphatic heterocycles. The van der Waals surface area contributed by atoms with Crippen molar-refractivity contribution in [3.05, 3.63) is 23.8 Å². The summed E-state index contributed by atoms with van der Waals surface area (Å²) in [5.74, 6) is -2.09. The van der Waals surface area contributed by atoms with E-state index in [1.165, 1.54) is 10.7 Å². The van der Waals surface area contributed by atoms with Crippen LogP contribution in [-0.2, 0) is 4.79 Å². The van der Waals surface area contributed by atoms with Gasteiger partial charge in [0, 0.05) is 11.9 Å². The maximum Gasteiger partial charge on any atom is 0.328 e. The Morgan fingerprint density at radius 1 is 1.53 bits per heavy atom. The lowest BCUT2D eigenvalue weighted by Crippen LogP contribution is -2.43. The number of carbonyl (C=O) groups excluding carboxylic acids is 1. The lowest BCUT2D eigenvalue weighted by atomic mass is 10.3. The van der Waals surface area contributed by atoms with Gasteiger partial charge in [0.15, 0.2) is 6.04 Å². The Labute approximate surface area is 106 Å². The quantitative estimate of drug-likeness (QED) is 0.620. The minimum absolute atomic E-state index is 0.207. The molecule has 0 radical (unpaired) electrons. The number of nitrogens with zero attached hydrogens (tertiary/aromatic N) is 4. The molecule has 2 aromatic rings. The Morgan fingerprint density at radius 3 is 2.84 bits per heavy atom. The highest BCUT2D eigenvalue weighted by Crippen LogP contribution is 2.02. The molecule has 1 amide bonds. The predicted octanol–water partition coefficient (Wildman–Crippen LogP) is -1.39. The number of aliphatic hydroxyl groups excluding tert-OH is 1. The van der Waals surface area contributed by atoms with Crippen LogP contribution < -0.4 is 5.32 Å². The normalized spacial score (nSPS) is 12.3. The van der Waals surface area contributed by atoms with Crippen LogP contribution in [0.3, 0.4) is 0 Å². The Bertz CT molecular complexity index is 638. The molecule has 9 nitrogen and oxygen atoms in total. The van der Waals surface area contributed by atoms with Gasteiger partial charge in [0.25, 0.3) is 11.7 Å². The van der Waals surface area contributed by atoms with Gasteiger partial charge >= 0.3 is 5.97 Å². The highest BCUT2D eigenvalue weighted by molar-refractivity contribution is 5.93. The van der Waals surface area contributed by atoms with Gasteiger partial charge in [0.2, 0.25) is 5.82 Å². The topological polar surface area (TPSA) is 130 Å². The molecule has 9 heteroatoms. The fourth-order valence-electron chi connectivity index (χ4n) is 1.41. The van der Waals surface area contributed by atoms with Crippen molar-refractivity contribution in [1.82, 2.24) is 24.9 Å². The Hall–Kier alpha value is -2.55. The van der Waals surface area contributed by atoms with Crippen molar-refractivity contribution in [2.24, 2.45) is 0 Å². The maximum absolute atomic E-state index is 11.7. The van der Waals surface area contributed by atoms with Crippen molar-refractivity contribution in [1.29, 1.82) is 0 Å². The van der Waals surface area contributed by atoms with Crippen LogP contribution in [0.1, 0.15) is 16.3 Å². The third-order valence-electron chi connectivity index (χ3n) is 2.42. The van der Waals surface area contributed by atoms with Gasteiger partial charge < -0.3 is 15.5 Å². The fourth-order valence-corrected chi connectivity index (χ4v) is 1.41. The van der Waals surface area contributed by atoms with Crippen molar-refractivity contribution in [3.8, 4) is 0 Å². The second-order valence-corrected chi connectivity index (χ2v) is 3.78. The van der Waals surface area contributed by atoms with Gasteiger partial charge in [-0.1, -0.05) is 0 Å². The molecular weight excluding hydrogens is 254 g/mol. The van der Waals surface area contributed by atoms with Crippen molar-refractivity contribution < 1.29 is 19.8 Å². The second-order valence-electron chi connectivity index (χ2n) is 3.78. The summed E-state index contributed by atoms with van der Waals surface area (Å²) >= 11 is 0. The van der Waals surface area contributed by atoms with E-state index >= 15 is 0 Å². The van der Waals surface area contributed by atoms with Crippen molar-refractivity contribution >= 4 is 17.7 Å². The minimum atomic E-state index is -1.40. The zero-order valence-corrected chi connectivity index (χ0v) is 9.94. The molecule has 0 unspecified atom stereocenters. The summed E-state index contributed by atoms with van der Waals surface area (Å²) in [7, 11) is 0. The van der Waals surface area contributed by atoms with E-state index in [0.717, 1.165) is 5.69 Å². The average molecular weight is 265 g/mol.